The fourth-order valence-electron chi connectivity index (χ4n) is 6.55. The zero-order valence-electron chi connectivity index (χ0n) is 22.1. The van der Waals surface area contributed by atoms with Crippen LogP contribution in [0.4, 0.5) is 17.6 Å². The van der Waals surface area contributed by atoms with Gasteiger partial charge in [-0.2, -0.15) is 0 Å². The first kappa shape index (κ1) is 25.7. The van der Waals surface area contributed by atoms with Crippen molar-refractivity contribution in [3.05, 3.63) is 64.9 Å². The summed E-state index contributed by atoms with van der Waals surface area (Å²) in [6.45, 7) is 6.08. The first-order valence-corrected chi connectivity index (χ1v) is 13.6. The molecule has 1 N–H and O–H groups in total. The summed E-state index contributed by atoms with van der Waals surface area (Å²) >= 11 is 0. The molecule has 3 heterocycles. The second kappa shape index (κ2) is 9.56. The summed E-state index contributed by atoms with van der Waals surface area (Å²) in [6.07, 6.45) is 2.23. The normalized spacial score (nSPS) is 26.7. The van der Waals surface area contributed by atoms with Crippen molar-refractivity contribution in [2.45, 2.75) is 69.9 Å². The van der Waals surface area contributed by atoms with Crippen LogP contribution in [-0.4, -0.2) is 64.9 Å². The number of halogens is 4. The molecule has 0 radical (unpaired) electrons. The molecular formula is C30H35F4N3O. The number of fused-ring (bicyclic) bond motifs is 3. The monoisotopic (exact) mass is 529 g/mol. The molecule has 2 fully saturated rings. The van der Waals surface area contributed by atoms with Crippen molar-refractivity contribution in [1.82, 2.24) is 14.8 Å². The Bertz CT molecular complexity index is 1300. The van der Waals surface area contributed by atoms with Gasteiger partial charge in [0.25, 0.3) is 0 Å². The van der Waals surface area contributed by atoms with E-state index in [1.807, 2.05) is 36.1 Å². The van der Waals surface area contributed by atoms with Crippen LogP contribution < -0.4 is 4.74 Å². The van der Waals surface area contributed by atoms with Gasteiger partial charge in [0.2, 0.25) is 0 Å². The average Bonchev–Trinajstić information content (AvgIpc) is 3.15. The Kier molecular flexibility index (Phi) is 6.46. The van der Waals surface area contributed by atoms with Gasteiger partial charge in [0.15, 0.2) is 0 Å². The maximum atomic E-state index is 15.8. The molecule has 0 spiro atoms. The van der Waals surface area contributed by atoms with Gasteiger partial charge in [0.05, 0.1) is 12.7 Å². The van der Waals surface area contributed by atoms with Crippen LogP contribution in [0.15, 0.2) is 36.4 Å². The summed E-state index contributed by atoms with van der Waals surface area (Å²) in [4.78, 5) is 7.51. The second-order valence-electron chi connectivity index (χ2n) is 12.0. The van der Waals surface area contributed by atoms with Crippen molar-refractivity contribution in [2.75, 3.05) is 26.3 Å². The molecule has 3 aliphatic rings. The number of para-hydroxylation sites is 1. The third-order valence-corrected chi connectivity index (χ3v) is 8.53. The Labute approximate surface area is 220 Å². The fraction of sp³-hybridized carbons (Fsp3) is 0.533. The van der Waals surface area contributed by atoms with Gasteiger partial charge in [-0.15, -0.1) is 0 Å². The SMILES string of the molecule is C[C@@H]1Cc2c([nH]c3ccccc23)[C@@H](c2c(F)cc(OC3CN([C@H]4C[C@H](CF)C4)C3)cc2F)N1CC(C)(C)F. The Morgan fingerprint density at radius 3 is 2.42 bits per heavy atom. The number of aromatic amines is 1. The lowest BCUT2D eigenvalue weighted by Crippen LogP contribution is -2.61. The van der Waals surface area contributed by atoms with E-state index in [2.05, 4.69) is 9.88 Å². The minimum absolute atomic E-state index is 0.0348. The van der Waals surface area contributed by atoms with Crippen LogP contribution >= 0.6 is 0 Å². The summed E-state index contributed by atoms with van der Waals surface area (Å²) in [5.41, 5.74) is 0.985. The van der Waals surface area contributed by atoms with Crippen LogP contribution in [0, 0.1) is 17.6 Å². The van der Waals surface area contributed by atoms with Gasteiger partial charge in [0.1, 0.15) is 29.2 Å². The number of nitrogens with one attached hydrogen (secondary N) is 1. The molecule has 6 rings (SSSR count). The van der Waals surface area contributed by atoms with E-state index in [1.165, 1.54) is 26.0 Å². The molecule has 2 aliphatic heterocycles. The van der Waals surface area contributed by atoms with Gasteiger partial charge in [-0.05, 0) is 57.6 Å². The summed E-state index contributed by atoms with van der Waals surface area (Å²) in [5.74, 6) is -1.09. The number of likely N-dealkylation sites (tertiary alicyclic amines) is 1. The molecule has 0 bridgehead atoms. The highest BCUT2D eigenvalue weighted by atomic mass is 19.1. The van der Waals surface area contributed by atoms with Gasteiger partial charge >= 0.3 is 0 Å². The number of alkyl halides is 2. The summed E-state index contributed by atoms with van der Waals surface area (Å²) in [7, 11) is 0. The van der Waals surface area contributed by atoms with E-state index in [9.17, 15) is 8.78 Å². The quantitative estimate of drug-likeness (QED) is 0.363. The van der Waals surface area contributed by atoms with Crippen molar-refractivity contribution < 1.29 is 22.3 Å². The molecule has 38 heavy (non-hydrogen) atoms. The molecule has 3 aromatic rings. The van der Waals surface area contributed by atoms with Crippen molar-refractivity contribution >= 4 is 10.9 Å². The molecule has 0 amide bonds. The van der Waals surface area contributed by atoms with Crippen molar-refractivity contribution in [3.8, 4) is 5.75 Å². The fourth-order valence-corrected chi connectivity index (χ4v) is 6.55. The number of hydrogen-bond donors (Lipinski definition) is 1. The third kappa shape index (κ3) is 4.60. The Morgan fingerprint density at radius 1 is 1.08 bits per heavy atom. The van der Waals surface area contributed by atoms with E-state index >= 15 is 8.78 Å². The number of aromatic nitrogens is 1. The minimum atomic E-state index is -1.55. The highest BCUT2D eigenvalue weighted by Crippen LogP contribution is 2.44. The number of benzene rings is 2. The van der Waals surface area contributed by atoms with Gasteiger partial charge in [-0.1, -0.05) is 18.2 Å². The number of ether oxygens (including phenoxy) is 1. The van der Waals surface area contributed by atoms with E-state index < -0.39 is 23.3 Å². The number of rotatable bonds is 7. The van der Waals surface area contributed by atoms with Crippen molar-refractivity contribution in [2.24, 2.45) is 5.92 Å². The largest absolute Gasteiger partial charge is 0.488 e. The van der Waals surface area contributed by atoms with Gasteiger partial charge in [-0.25, -0.2) is 13.2 Å². The van der Waals surface area contributed by atoms with Gasteiger partial charge in [-0.3, -0.25) is 14.2 Å². The van der Waals surface area contributed by atoms with E-state index in [1.54, 1.807) is 0 Å². The predicted octanol–water partition coefficient (Wildman–Crippen LogP) is 6.34. The van der Waals surface area contributed by atoms with Crippen LogP contribution in [0.2, 0.25) is 0 Å². The van der Waals surface area contributed by atoms with Crippen molar-refractivity contribution in [1.29, 1.82) is 0 Å². The number of hydrogen-bond acceptors (Lipinski definition) is 3. The lowest BCUT2D eigenvalue weighted by Gasteiger charge is -2.49. The number of nitrogens with zero attached hydrogens (tertiary/aromatic N) is 2. The maximum absolute atomic E-state index is 15.8. The summed E-state index contributed by atoms with van der Waals surface area (Å²) in [5, 5.41) is 1.03. The molecule has 1 saturated heterocycles. The minimum Gasteiger partial charge on any atom is -0.488 e. The highest BCUT2D eigenvalue weighted by molar-refractivity contribution is 5.85. The molecule has 8 heteroatoms. The standard InChI is InChI=1S/C30H35F4N3O/c1-17-8-23-22-6-4-5-7-26(22)35-28(23)29(37(17)16-30(2,3)34)27-24(32)11-20(12-25(27)33)38-21-14-36(15-21)19-9-18(10-19)13-31/h4-7,11-12,17-19,21,29,35H,8-10,13-16H2,1-3H3/t17-,18-,19-,29-/m1/s1. The van der Waals surface area contributed by atoms with E-state index in [-0.39, 0.29) is 42.6 Å². The molecule has 4 nitrogen and oxygen atoms in total. The maximum Gasteiger partial charge on any atom is 0.135 e. The van der Waals surface area contributed by atoms with Crippen molar-refractivity contribution in [3.63, 3.8) is 0 Å². The Hall–Kier alpha value is -2.58. The van der Waals surface area contributed by atoms with Crippen LogP contribution in [-0.2, 0) is 6.42 Å². The van der Waals surface area contributed by atoms with E-state index in [4.69, 9.17) is 4.74 Å². The highest BCUT2D eigenvalue weighted by Gasteiger charge is 2.42. The lowest BCUT2D eigenvalue weighted by atomic mass is 9.79. The van der Waals surface area contributed by atoms with Crippen LogP contribution in [0.5, 0.6) is 5.75 Å². The molecule has 1 saturated carbocycles. The topological polar surface area (TPSA) is 31.5 Å². The zero-order chi connectivity index (χ0) is 26.8. The smallest absolute Gasteiger partial charge is 0.135 e. The second-order valence-corrected chi connectivity index (χ2v) is 12.0. The zero-order valence-corrected chi connectivity index (χ0v) is 22.1. The summed E-state index contributed by atoms with van der Waals surface area (Å²) < 4.78 is 65.2. The predicted molar refractivity (Wildman–Crippen MR) is 140 cm³/mol. The number of H-pyrrole nitrogens is 1. The van der Waals surface area contributed by atoms with Gasteiger partial charge < -0.3 is 9.72 Å². The molecule has 204 valence electrons. The van der Waals surface area contributed by atoms with E-state index in [0.717, 1.165) is 29.3 Å². The average molecular weight is 530 g/mol. The Morgan fingerprint density at radius 2 is 1.76 bits per heavy atom. The first-order chi connectivity index (χ1) is 18.1. The molecule has 2 aromatic carbocycles. The molecule has 1 aromatic heterocycles. The van der Waals surface area contributed by atoms with E-state index in [0.29, 0.717) is 31.2 Å². The van der Waals surface area contributed by atoms with Crippen LogP contribution in [0.1, 0.15) is 56.5 Å². The molecule has 2 atom stereocenters. The molecular weight excluding hydrogens is 494 g/mol. The van der Waals surface area contributed by atoms with Gasteiger partial charge in [0, 0.05) is 66.0 Å². The molecule has 0 unspecified atom stereocenters. The summed E-state index contributed by atoms with van der Waals surface area (Å²) in [6, 6.07) is 9.80. The lowest BCUT2D eigenvalue weighted by molar-refractivity contribution is -0.0501. The Balaban J connectivity index is 1.29. The van der Waals surface area contributed by atoms with Crippen LogP contribution in [0.3, 0.4) is 0 Å². The molecule has 1 aliphatic carbocycles. The first-order valence-electron chi connectivity index (χ1n) is 13.6. The third-order valence-electron chi connectivity index (χ3n) is 8.53. The van der Waals surface area contributed by atoms with Crippen LogP contribution in [0.25, 0.3) is 10.9 Å².